The predicted molar refractivity (Wildman–Crippen MR) is 114 cm³/mol. The zero-order valence-corrected chi connectivity index (χ0v) is 16.8. The lowest BCUT2D eigenvalue weighted by Crippen LogP contribution is -2.41. The maximum atomic E-state index is 12.5. The van der Waals surface area contributed by atoms with Crippen molar-refractivity contribution in [1.29, 1.82) is 5.26 Å². The molecule has 1 aliphatic rings. The largest absolute Gasteiger partial charge is 0.477 e. The molecule has 3 heterocycles. The Kier molecular flexibility index (Phi) is 5.15. The van der Waals surface area contributed by atoms with E-state index in [9.17, 15) is 20.0 Å². The Labute approximate surface area is 174 Å². The van der Waals surface area contributed by atoms with Crippen molar-refractivity contribution >= 4 is 11.5 Å². The minimum Gasteiger partial charge on any atom is -0.477 e. The minimum absolute atomic E-state index is 0.225. The number of aromatic nitrogens is 1. The molecule has 1 aromatic carbocycles. The van der Waals surface area contributed by atoms with Crippen LogP contribution in [0.1, 0.15) is 39.9 Å². The summed E-state index contributed by atoms with van der Waals surface area (Å²) in [7, 11) is 0. The lowest BCUT2D eigenvalue weighted by molar-refractivity contribution is 0.0694. The van der Waals surface area contributed by atoms with Crippen molar-refractivity contribution in [2.24, 2.45) is 0 Å². The average Bonchev–Trinajstić information content (AvgIpc) is 2.76. The van der Waals surface area contributed by atoms with Crippen LogP contribution in [0.25, 0.3) is 5.52 Å². The first kappa shape index (κ1) is 19.9. The summed E-state index contributed by atoms with van der Waals surface area (Å²) in [6.45, 7) is 4.01. The van der Waals surface area contributed by atoms with E-state index in [0.29, 0.717) is 24.9 Å². The number of aryl methyl sites for hydroxylation is 1. The third-order valence-corrected chi connectivity index (χ3v) is 6.08. The topological polar surface area (TPSA) is 85.8 Å². The molecule has 152 valence electrons. The summed E-state index contributed by atoms with van der Waals surface area (Å²) in [6.07, 6.45) is 3.02. The van der Waals surface area contributed by atoms with Gasteiger partial charge >= 0.3 is 5.97 Å². The molecule has 1 aliphatic heterocycles. The van der Waals surface area contributed by atoms with E-state index < -0.39 is 16.9 Å². The number of benzene rings is 1. The van der Waals surface area contributed by atoms with Gasteiger partial charge in [0.1, 0.15) is 5.56 Å². The molecule has 2 aromatic heterocycles. The number of piperidine rings is 1. The first-order valence-electron chi connectivity index (χ1n) is 10.0. The van der Waals surface area contributed by atoms with Crippen LogP contribution in [-0.4, -0.2) is 33.5 Å². The Morgan fingerprint density at radius 2 is 1.93 bits per heavy atom. The lowest BCUT2D eigenvalue weighted by Gasteiger charge is -2.38. The Hall–Kier alpha value is -3.43. The van der Waals surface area contributed by atoms with Crippen LogP contribution in [-0.2, 0) is 12.0 Å². The van der Waals surface area contributed by atoms with Crippen LogP contribution < -0.4 is 5.56 Å². The molecule has 30 heavy (non-hydrogen) atoms. The molecule has 0 amide bonds. The first-order chi connectivity index (χ1) is 14.4. The zero-order valence-electron chi connectivity index (χ0n) is 16.8. The summed E-state index contributed by atoms with van der Waals surface area (Å²) < 4.78 is 1.40. The lowest BCUT2D eigenvalue weighted by atomic mass is 9.73. The average molecular weight is 401 g/mol. The number of nitriles is 1. The molecule has 0 bridgehead atoms. The molecule has 0 spiro atoms. The third-order valence-electron chi connectivity index (χ3n) is 6.08. The summed E-state index contributed by atoms with van der Waals surface area (Å²) in [5.41, 5.74) is 2.47. The molecule has 1 fully saturated rings. The Balaban J connectivity index is 1.61. The molecule has 6 nitrogen and oxygen atoms in total. The molecule has 1 saturated heterocycles. The third kappa shape index (κ3) is 3.49. The SMILES string of the molecule is Cc1cccc(C2(C#N)CCN(Cc3cc(C(=O)O)c(=O)n4ccccc34)CC2)c1. The highest BCUT2D eigenvalue weighted by atomic mass is 16.4. The highest BCUT2D eigenvalue weighted by Crippen LogP contribution is 2.36. The van der Waals surface area contributed by atoms with Gasteiger partial charge in [-0.3, -0.25) is 14.1 Å². The zero-order chi connectivity index (χ0) is 21.3. The van der Waals surface area contributed by atoms with Crippen LogP contribution in [0.15, 0.2) is 59.5 Å². The predicted octanol–water partition coefficient (Wildman–Crippen LogP) is 3.36. The smallest absolute Gasteiger partial charge is 0.341 e. The first-order valence-corrected chi connectivity index (χ1v) is 10.0. The van der Waals surface area contributed by atoms with E-state index >= 15 is 0 Å². The van der Waals surface area contributed by atoms with Gasteiger partial charge in [0.25, 0.3) is 5.56 Å². The molecule has 0 radical (unpaired) electrons. The number of fused-ring (bicyclic) bond motifs is 1. The molecule has 0 saturated carbocycles. The maximum Gasteiger partial charge on any atom is 0.341 e. The van der Waals surface area contributed by atoms with Crippen molar-refractivity contribution in [1.82, 2.24) is 9.30 Å². The van der Waals surface area contributed by atoms with Gasteiger partial charge in [-0.05, 0) is 49.1 Å². The van der Waals surface area contributed by atoms with Crippen LogP contribution in [0.4, 0.5) is 0 Å². The number of rotatable bonds is 4. The second kappa shape index (κ2) is 7.77. The molecule has 3 aromatic rings. The van der Waals surface area contributed by atoms with Gasteiger partial charge in [-0.25, -0.2) is 4.79 Å². The number of aromatic carboxylic acids is 1. The van der Waals surface area contributed by atoms with Crippen LogP contribution in [0, 0.1) is 18.3 Å². The van der Waals surface area contributed by atoms with Gasteiger partial charge in [0.15, 0.2) is 0 Å². The summed E-state index contributed by atoms with van der Waals surface area (Å²) in [6, 6.07) is 17.6. The summed E-state index contributed by atoms with van der Waals surface area (Å²) >= 11 is 0. The number of carboxylic acids is 1. The van der Waals surface area contributed by atoms with Crippen LogP contribution in [0.2, 0.25) is 0 Å². The van der Waals surface area contributed by atoms with E-state index in [-0.39, 0.29) is 5.56 Å². The van der Waals surface area contributed by atoms with Gasteiger partial charge in [-0.1, -0.05) is 35.9 Å². The van der Waals surface area contributed by atoms with E-state index in [1.54, 1.807) is 12.3 Å². The number of nitrogens with zero attached hydrogens (tertiary/aromatic N) is 3. The quantitative estimate of drug-likeness (QED) is 0.724. The van der Waals surface area contributed by atoms with Crippen molar-refractivity contribution < 1.29 is 9.90 Å². The summed E-state index contributed by atoms with van der Waals surface area (Å²) in [4.78, 5) is 26.2. The Morgan fingerprint density at radius 3 is 2.60 bits per heavy atom. The Morgan fingerprint density at radius 1 is 1.17 bits per heavy atom. The molecule has 6 heteroatoms. The molecule has 4 rings (SSSR count). The number of pyridine rings is 2. The standard InChI is InChI=1S/C24H23N3O3/c1-17-5-4-6-19(13-17)24(16-25)8-11-26(12-9-24)15-18-14-20(23(29)30)22(28)27-10-3-2-7-21(18)27/h2-7,10,13-14H,8-9,11-12,15H2,1H3,(H,29,30). The summed E-state index contributed by atoms with van der Waals surface area (Å²) in [5.74, 6) is -1.22. The van der Waals surface area contributed by atoms with Gasteiger partial charge in [0, 0.05) is 25.8 Å². The van der Waals surface area contributed by atoms with Crippen molar-refractivity contribution in [2.75, 3.05) is 13.1 Å². The number of hydrogen-bond acceptors (Lipinski definition) is 4. The van der Waals surface area contributed by atoms with Crippen molar-refractivity contribution in [3.05, 3.63) is 87.3 Å². The second-order valence-electron chi connectivity index (χ2n) is 7.99. The van der Waals surface area contributed by atoms with Gasteiger partial charge in [0.05, 0.1) is 17.0 Å². The highest BCUT2D eigenvalue weighted by molar-refractivity contribution is 5.88. The van der Waals surface area contributed by atoms with E-state index in [4.69, 9.17) is 0 Å². The normalized spacial score (nSPS) is 16.3. The fraction of sp³-hybridized carbons (Fsp3) is 0.292. The molecular formula is C24H23N3O3. The van der Waals surface area contributed by atoms with Crippen molar-refractivity contribution in [2.45, 2.75) is 31.7 Å². The summed E-state index contributed by atoms with van der Waals surface area (Å²) in [5, 5.41) is 19.4. The van der Waals surface area contributed by atoms with Crippen molar-refractivity contribution in [3.63, 3.8) is 0 Å². The van der Waals surface area contributed by atoms with Crippen LogP contribution in [0.3, 0.4) is 0 Å². The second-order valence-corrected chi connectivity index (χ2v) is 7.99. The minimum atomic E-state index is -1.22. The number of likely N-dealkylation sites (tertiary alicyclic amines) is 1. The molecule has 0 unspecified atom stereocenters. The van der Waals surface area contributed by atoms with Crippen LogP contribution in [0.5, 0.6) is 0 Å². The van der Waals surface area contributed by atoms with E-state index in [1.165, 1.54) is 10.5 Å². The van der Waals surface area contributed by atoms with Gasteiger partial charge in [-0.2, -0.15) is 5.26 Å². The van der Waals surface area contributed by atoms with Gasteiger partial charge < -0.3 is 5.11 Å². The fourth-order valence-corrected chi connectivity index (χ4v) is 4.34. The monoisotopic (exact) mass is 401 g/mol. The van der Waals surface area contributed by atoms with Crippen molar-refractivity contribution in [3.8, 4) is 6.07 Å². The maximum absolute atomic E-state index is 12.5. The van der Waals surface area contributed by atoms with Gasteiger partial charge in [0.2, 0.25) is 0 Å². The highest BCUT2D eigenvalue weighted by Gasteiger charge is 2.36. The number of carbonyl (C=O) groups is 1. The molecule has 0 aliphatic carbocycles. The molecule has 0 atom stereocenters. The Bertz CT molecular complexity index is 1210. The van der Waals surface area contributed by atoms with E-state index in [0.717, 1.165) is 29.8 Å². The molecular weight excluding hydrogens is 378 g/mol. The fourth-order valence-electron chi connectivity index (χ4n) is 4.34. The number of carboxylic acid groups (broad SMARTS) is 1. The molecule has 1 N–H and O–H groups in total. The van der Waals surface area contributed by atoms with Gasteiger partial charge in [-0.15, -0.1) is 0 Å². The van der Waals surface area contributed by atoms with E-state index in [2.05, 4.69) is 17.0 Å². The van der Waals surface area contributed by atoms with Crippen LogP contribution >= 0.6 is 0 Å². The van der Waals surface area contributed by atoms with E-state index in [1.807, 2.05) is 37.3 Å². The number of hydrogen-bond donors (Lipinski definition) is 1.